The van der Waals surface area contributed by atoms with Gasteiger partial charge in [-0.05, 0) is 18.6 Å². The van der Waals surface area contributed by atoms with Crippen molar-refractivity contribution >= 4 is 27.4 Å². The van der Waals surface area contributed by atoms with Crippen molar-refractivity contribution in [2.24, 2.45) is 0 Å². The maximum atomic E-state index is 10.7. The molecular formula is C7H7ClKNO3S. The van der Waals surface area contributed by atoms with E-state index >= 15 is 0 Å². The first-order valence-electron chi connectivity index (χ1n) is 3.34. The quantitative estimate of drug-likeness (QED) is 0.364. The van der Waals surface area contributed by atoms with Crippen LogP contribution in [0.4, 0.5) is 5.69 Å². The van der Waals surface area contributed by atoms with Gasteiger partial charge >= 0.3 is 51.4 Å². The maximum Gasteiger partial charge on any atom is 1.00 e. The van der Waals surface area contributed by atoms with Gasteiger partial charge in [-0.15, -0.1) is 0 Å². The summed E-state index contributed by atoms with van der Waals surface area (Å²) in [4.78, 5) is -0.436. The average molecular weight is 260 g/mol. The molecule has 0 aliphatic heterocycles. The second-order valence-corrected chi connectivity index (χ2v) is 4.26. The molecular weight excluding hydrogens is 253 g/mol. The van der Waals surface area contributed by atoms with Crippen LogP contribution in [0.1, 0.15) is 5.56 Å². The number of rotatable bonds is 1. The largest absolute Gasteiger partial charge is 1.00 e. The van der Waals surface area contributed by atoms with Crippen molar-refractivity contribution in [1.29, 1.82) is 0 Å². The third-order valence-electron chi connectivity index (χ3n) is 1.57. The van der Waals surface area contributed by atoms with Gasteiger partial charge in [0, 0.05) is 0 Å². The Morgan fingerprint density at radius 3 is 2.29 bits per heavy atom. The molecule has 14 heavy (non-hydrogen) atoms. The molecule has 0 spiro atoms. The zero-order chi connectivity index (χ0) is 10.2. The molecule has 4 nitrogen and oxygen atoms in total. The van der Waals surface area contributed by atoms with E-state index in [4.69, 9.17) is 17.3 Å². The Morgan fingerprint density at radius 2 is 1.93 bits per heavy atom. The number of nitrogen functional groups attached to an aromatic ring is 1. The van der Waals surface area contributed by atoms with Gasteiger partial charge in [-0.3, -0.25) is 0 Å². The first-order chi connectivity index (χ1) is 5.84. The van der Waals surface area contributed by atoms with Crippen LogP contribution in [0.2, 0.25) is 5.02 Å². The minimum atomic E-state index is -4.55. The summed E-state index contributed by atoms with van der Waals surface area (Å²) in [6.45, 7) is 1.48. The van der Waals surface area contributed by atoms with Crippen molar-refractivity contribution in [1.82, 2.24) is 0 Å². The third kappa shape index (κ3) is 3.18. The van der Waals surface area contributed by atoms with Gasteiger partial charge in [0.05, 0.1) is 15.6 Å². The molecule has 7 heteroatoms. The molecule has 72 valence electrons. The van der Waals surface area contributed by atoms with Crippen LogP contribution >= 0.6 is 11.6 Å². The predicted molar refractivity (Wildman–Crippen MR) is 48.6 cm³/mol. The molecule has 0 heterocycles. The Kier molecular flexibility index (Phi) is 5.59. The predicted octanol–water partition coefficient (Wildman–Crippen LogP) is -1.86. The molecule has 0 fully saturated rings. The molecule has 2 N–H and O–H groups in total. The van der Waals surface area contributed by atoms with Crippen LogP contribution in [0.15, 0.2) is 17.0 Å². The minimum Gasteiger partial charge on any atom is -0.744 e. The molecule has 1 aromatic rings. The van der Waals surface area contributed by atoms with Crippen LogP contribution in [0.5, 0.6) is 0 Å². The number of benzene rings is 1. The molecule has 0 aromatic heterocycles. The van der Waals surface area contributed by atoms with E-state index in [0.29, 0.717) is 5.56 Å². The van der Waals surface area contributed by atoms with E-state index in [9.17, 15) is 13.0 Å². The van der Waals surface area contributed by atoms with Crippen LogP contribution in [-0.4, -0.2) is 13.0 Å². The van der Waals surface area contributed by atoms with Crippen LogP contribution in [-0.2, 0) is 10.1 Å². The zero-order valence-corrected chi connectivity index (χ0v) is 12.4. The average Bonchev–Trinajstić information content (AvgIpc) is 1.95. The number of nitrogens with two attached hydrogens (primary N) is 1. The number of halogens is 1. The first-order valence-corrected chi connectivity index (χ1v) is 5.13. The van der Waals surface area contributed by atoms with Crippen molar-refractivity contribution in [3.05, 3.63) is 22.7 Å². The number of aryl methyl sites for hydroxylation is 1. The summed E-state index contributed by atoms with van der Waals surface area (Å²) in [5, 5.41) is -0.199. The van der Waals surface area contributed by atoms with E-state index < -0.39 is 15.0 Å². The van der Waals surface area contributed by atoms with Gasteiger partial charge < -0.3 is 10.3 Å². The van der Waals surface area contributed by atoms with Crippen LogP contribution in [0, 0.1) is 6.92 Å². The maximum absolute atomic E-state index is 10.7. The van der Waals surface area contributed by atoms with E-state index in [0.717, 1.165) is 0 Å². The third-order valence-corrected chi connectivity index (χ3v) is 3.12. The molecule has 0 amide bonds. The summed E-state index contributed by atoms with van der Waals surface area (Å²) < 4.78 is 32.2. The molecule has 1 rings (SSSR count). The van der Waals surface area contributed by atoms with Gasteiger partial charge in [0.1, 0.15) is 10.1 Å². The SMILES string of the molecule is Cc1ccc(N)c(Cl)c1S(=O)(=O)[O-].[K+]. The standard InChI is InChI=1S/C7H8ClNO3S.K/c1-4-2-3-5(9)6(8)7(4)13(10,11)12;/h2-3H,9H2,1H3,(H,10,11,12);/q;+1/p-1. The Bertz CT molecular complexity index is 446. The van der Waals surface area contributed by atoms with E-state index in [2.05, 4.69) is 0 Å². The van der Waals surface area contributed by atoms with Crippen LogP contribution < -0.4 is 57.1 Å². The van der Waals surface area contributed by atoms with E-state index in [1.165, 1.54) is 19.1 Å². The fourth-order valence-electron chi connectivity index (χ4n) is 0.975. The number of anilines is 1. The fraction of sp³-hybridized carbons (Fsp3) is 0.143. The van der Waals surface area contributed by atoms with Crippen molar-refractivity contribution in [2.75, 3.05) is 5.73 Å². The normalized spacial score (nSPS) is 10.8. The van der Waals surface area contributed by atoms with Gasteiger partial charge in [-0.25, -0.2) is 8.42 Å². The van der Waals surface area contributed by atoms with Gasteiger partial charge in [-0.1, -0.05) is 17.7 Å². The van der Waals surface area contributed by atoms with Crippen LogP contribution in [0.25, 0.3) is 0 Å². The molecule has 0 saturated carbocycles. The summed E-state index contributed by atoms with van der Waals surface area (Å²) in [6.07, 6.45) is 0. The molecule has 0 unspecified atom stereocenters. The number of hydrogen-bond donors (Lipinski definition) is 1. The molecule has 0 radical (unpaired) electrons. The van der Waals surface area contributed by atoms with Gasteiger partial charge in [0.15, 0.2) is 0 Å². The van der Waals surface area contributed by atoms with Crippen molar-refractivity contribution in [3.8, 4) is 0 Å². The smallest absolute Gasteiger partial charge is 0.744 e. The Morgan fingerprint density at radius 1 is 1.43 bits per heavy atom. The van der Waals surface area contributed by atoms with Gasteiger partial charge in [-0.2, -0.15) is 0 Å². The second kappa shape index (κ2) is 5.27. The van der Waals surface area contributed by atoms with Crippen molar-refractivity contribution in [2.45, 2.75) is 11.8 Å². The van der Waals surface area contributed by atoms with Gasteiger partial charge in [0.2, 0.25) is 0 Å². The minimum absolute atomic E-state index is 0. The zero-order valence-electron chi connectivity index (χ0n) is 7.74. The summed E-state index contributed by atoms with van der Waals surface area (Å²) in [7, 11) is -4.55. The van der Waals surface area contributed by atoms with E-state index in [-0.39, 0.29) is 62.1 Å². The monoisotopic (exact) mass is 259 g/mol. The van der Waals surface area contributed by atoms with Crippen molar-refractivity contribution < 1.29 is 64.4 Å². The Balaban J connectivity index is 0.00000169. The van der Waals surface area contributed by atoms with E-state index in [1.54, 1.807) is 0 Å². The summed E-state index contributed by atoms with van der Waals surface area (Å²) in [5.74, 6) is 0. The van der Waals surface area contributed by atoms with Crippen LogP contribution in [0.3, 0.4) is 0 Å². The number of hydrogen-bond acceptors (Lipinski definition) is 4. The summed E-state index contributed by atoms with van der Waals surface area (Å²) >= 11 is 5.58. The molecule has 0 bridgehead atoms. The molecule has 0 atom stereocenters. The van der Waals surface area contributed by atoms with Gasteiger partial charge in [0.25, 0.3) is 0 Å². The summed E-state index contributed by atoms with van der Waals surface area (Å²) in [6, 6.07) is 2.89. The fourth-order valence-corrected chi connectivity index (χ4v) is 2.27. The van der Waals surface area contributed by atoms with E-state index in [1.807, 2.05) is 0 Å². The molecule has 0 saturated heterocycles. The second-order valence-electron chi connectivity index (χ2n) is 2.57. The van der Waals surface area contributed by atoms with Crippen molar-refractivity contribution in [3.63, 3.8) is 0 Å². The molecule has 0 aliphatic rings. The molecule has 1 aromatic carbocycles. The Hall–Kier alpha value is 0.856. The first kappa shape index (κ1) is 14.9. The summed E-state index contributed by atoms with van der Waals surface area (Å²) in [5.41, 5.74) is 5.74. The Labute approximate surface area is 130 Å². The topological polar surface area (TPSA) is 83.2 Å². The molecule has 0 aliphatic carbocycles.